The Labute approximate surface area is 108 Å². The van der Waals surface area contributed by atoms with Crippen LogP contribution in [0.2, 0.25) is 5.15 Å². The molecule has 0 unspecified atom stereocenters. The minimum absolute atomic E-state index is 0.515. The van der Waals surface area contributed by atoms with E-state index >= 15 is 0 Å². The number of rotatable bonds is 2. The summed E-state index contributed by atoms with van der Waals surface area (Å²) in [7, 11) is 0. The van der Waals surface area contributed by atoms with Crippen LogP contribution >= 0.6 is 27.5 Å². The second-order valence-corrected chi connectivity index (χ2v) is 4.60. The highest BCUT2D eigenvalue weighted by Gasteiger charge is 1.90. The molecule has 0 N–H and O–H groups in total. The predicted molar refractivity (Wildman–Crippen MR) is 72.3 cm³/mol. The summed E-state index contributed by atoms with van der Waals surface area (Å²) < 4.78 is 1.08. The van der Waals surface area contributed by atoms with Gasteiger partial charge in [-0.05, 0) is 29.3 Å². The summed E-state index contributed by atoms with van der Waals surface area (Å²) in [5.41, 5.74) is 2.19. The van der Waals surface area contributed by atoms with Gasteiger partial charge in [-0.3, -0.25) is 0 Å². The van der Waals surface area contributed by atoms with E-state index in [1.54, 1.807) is 12.3 Å². The van der Waals surface area contributed by atoms with Crippen LogP contribution in [-0.4, -0.2) is 4.98 Å². The maximum Gasteiger partial charge on any atom is 0.129 e. The monoisotopic (exact) mass is 293 g/mol. The van der Waals surface area contributed by atoms with Crippen molar-refractivity contribution >= 4 is 39.7 Å². The molecule has 0 saturated heterocycles. The molecule has 0 saturated carbocycles. The highest BCUT2D eigenvalue weighted by molar-refractivity contribution is 9.10. The Morgan fingerprint density at radius 2 is 1.56 bits per heavy atom. The second kappa shape index (κ2) is 5.28. The van der Waals surface area contributed by atoms with E-state index in [0.29, 0.717) is 5.15 Å². The topological polar surface area (TPSA) is 12.9 Å². The van der Waals surface area contributed by atoms with Gasteiger partial charge in [0.25, 0.3) is 0 Å². The standard InChI is InChI=1S/C13H9BrClN/c14-12-6-3-10(4-7-12)1-2-11-5-8-13(15)16-9-11/h1-9H/b2-1+. The fourth-order valence-corrected chi connectivity index (χ4v) is 1.63. The molecule has 1 aromatic heterocycles. The first-order valence-corrected chi connectivity index (χ1v) is 5.96. The van der Waals surface area contributed by atoms with E-state index in [-0.39, 0.29) is 0 Å². The molecule has 1 nitrogen and oxygen atoms in total. The molecule has 0 aliphatic heterocycles. The van der Waals surface area contributed by atoms with Gasteiger partial charge in [0.1, 0.15) is 5.15 Å². The molecule has 0 atom stereocenters. The first kappa shape index (κ1) is 11.4. The molecule has 0 spiro atoms. The molecule has 3 heteroatoms. The third kappa shape index (κ3) is 3.19. The van der Waals surface area contributed by atoms with Crippen LogP contribution in [0.4, 0.5) is 0 Å². The average Bonchev–Trinajstić information content (AvgIpc) is 2.30. The average molecular weight is 295 g/mol. The number of halogens is 2. The van der Waals surface area contributed by atoms with Crippen LogP contribution in [-0.2, 0) is 0 Å². The van der Waals surface area contributed by atoms with Crippen molar-refractivity contribution < 1.29 is 0 Å². The van der Waals surface area contributed by atoms with Crippen LogP contribution in [0.1, 0.15) is 11.1 Å². The Balaban J connectivity index is 2.15. The number of pyridine rings is 1. The lowest BCUT2D eigenvalue weighted by atomic mass is 10.2. The number of hydrogen-bond acceptors (Lipinski definition) is 1. The molecule has 0 radical (unpaired) electrons. The predicted octanol–water partition coefficient (Wildman–Crippen LogP) is 4.67. The van der Waals surface area contributed by atoms with Crippen molar-refractivity contribution in [1.29, 1.82) is 0 Å². The fourth-order valence-electron chi connectivity index (χ4n) is 1.25. The quantitative estimate of drug-likeness (QED) is 0.734. The Kier molecular flexibility index (Phi) is 3.75. The summed E-state index contributed by atoms with van der Waals surface area (Å²) in [6.45, 7) is 0. The van der Waals surface area contributed by atoms with Crippen LogP contribution in [0.3, 0.4) is 0 Å². The normalized spacial score (nSPS) is 10.9. The van der Waals surface area contributed by atoms with E-state index in [2.05, 4.69) is 20.9 Å². The molecule has 2 rings (SSSR count). The Hall–Kier alpha value is -1.12. The lowest BCUT2D eigenvalue weighted by Gasteiger charge is -1.95. The Morgan fingerprint density at radius 1 is 0.938 bits per heavy atom. The summed E-state index contributed by atoms with van der Waals surface area (Å²) in [5.74, 6) is 0. The molecular formula is C13H9BrClN. The zero-order chi connectivity index (χ0) is 11.4. The van der Waals surface area contributed by atoms with Gasteiger partial charge in [-0.1, -0.05) is 57.9 Å². The number of benzene rings is 1. The van der Waals surface area contributed by atoms with Gasteiger partial charge in [-0.15, -0.1) is 0 Å². The van der Waals surface area contributed by atoms with Gasteiger partial charge in [0.15, 0.2) is 0 Å². The van der Waals surface area contributed by atoms with E-state index in [0.717, 1.165) is 15.6 Å². The molecule has 16 heavy (non-hydrogen) atoms. The third-order valence-corrected chi connectivity index (χ3v) is 2.84. The van der Waals surface area contributed by atoms with Gasteiger partial charge in [-0.25, -0.2) is 4.98 Å². The van der Waals surface area contributed by atoms with Crippen LogP contribution in [0.25, 0.3) is 12.2 Å². The third-order valence-electron chi connectivity index (χ3n) is 2.09. The molecule has 0 fully saturated rings. The Bertz CT molecular complexity index is 441. The molecule has 80 valence electrons. The molecule has 0 aliphatic rings. The summed E-state index contributed by atoms with van der Waals surface area (Å²) in [6, 6.07) is 11.8. The zero-order valence-electron chi connectivity index (χ0n) is 8.40. The molecule has 0 aliphatic carbocycles. The first-order valence-electron chi connectivity index (χ1n) is 4.79. The molecule has 0 bridgehead atoms. The van der Waals surface area contributed by atoms with Crippen molar-refractivity contribution in [3.63, 3.8) is 0 Å². The summed E-state index contributed by atoms with van der Waals surface area (Å²) in [5, 5.41) is 0.515. The van der Waals surface area contributed by atoms with Crippen LogP contribution in [0, 0.1) is 0 Å². The van der Waals surface area contributed by atoms with Gasteiger partial charge in [0.05, 0.1) is 0 Å². The van der Waals surface area contributed by atoms with Crippen LogP contribution < -0.4 is 0 Å². The first-order chi connectivity index (χ1) is 7.74. The lowest BCUT2D eigenvalue weighted by molar-refractivity contribution is 1.32. The highest BCUT2D eigenvalue weighted by Crippen LogP contribution is 2.13. The van der Waals surface area contributed by atoms with E-state index < -0.39 is 0 Å². The summed E-state index contributed by atoms with van der Waals surface area (Å²) in [6.07, 6.45) is 5.79. The van der Waals surface area contributed by atoms with E-state index in [9.17, 15) is 0 Å². The SMILES string of the molecule is Clc1ccc(/C=C/c2ccc(Br)cc2)cn1. The maximum atomic E-state index is 5.71. The molecule has 1 aromatic carbocycles. The van der Waals surface area contributed by atoms with Crippen molar-refractivity contribution in [3.8, 4) is 0 Å². The summed E-state index contributed by atoms with van der Waals surface area (Å²) in [4.78, 5) is 4.01. The Morgan fingerprint density at radius 3 is 2.19 bits per heavy atom. The second-order valence-electron chi connectivity index (χ2n) is 3.30. The van der Waals surface area contributed by atoms with Gasteiger partial charge < -0.3 is 0 Å². The van der Waals surface area contributed by atoms with Crippen molar-refractivity contribution in [3.05, 3.63) is 63.3 Å². The van der Waals surface area contributed by atoms with Crippen molar-refractivity contribution in [2.75, 3.05) is 0 Å². The minimum Gasteiger partial charge on any atom is -0.244 e. The zero-order valence-corrected chi connectivity index (χ0v) is 10.7. The molecule has 1 heterocycles. The van der Waals surface area contributed by atoms with Gasteiger partial charge in [0.2, 0.25) is 0 Å². The number of aromatic nitrogens is 1. The molecular weight excluding hydrogens is 286 g/mol. The van der Waals surface area contributed by atoms with Gasteiger partial charge in [-0.2, -0.15) is 0 Å². The van der Waals surface area contributed by atoms with Gasteiger partial charge >= 0.3 is 0 Å². The van der Waals surface area contributed by atoms with Crippen LogP contribution in [0.5, 0.6) is 0 Å². The fraction of sp³-hybridized carbons (Fsp3) is 0. The van der Waals surface area contributed by atoms with E-state index in [1.165, 1.54) is 0 Å². The van der Waals surface area contributed by atoms with Gasteiger partial charge in [0, 0.05) is 10.7 Å². The minimum atomic E-state index is 0.515. The number of hydrogen-bond donors (Lipinski definition) is 0. The van der Waals surface area contributed by atoms with E-state index in [1.807, 2.05) is 42.5 Å². The molecule has 0 amide bonds. The molecule has 2 aromatic rings. The van der Waals surface area contributed by atoms with Crippen molar-refractivity contribution in [2.24, 2.45) is 0 Å². The smallest absolute Gasteiger partial charge is 0.129 e. The van der Waals surface area contributed by atoms with Crippen molar-refractivity contribution in [1.82, 2.24) is 4.98 Å². The van der Waals surface area contributed by atoms with E-state index in [4.69, 9.17) is 11.6 Å². The number of nitrogens with zero attached hydrogens (tertiary/aromatic N) is 1. The maximum absolute atomic E-state index is 5.71. The highest BCUT2D eigenvalue weighted by atomic mass is 79.9. The van der Waals surface area contributed by atoms with Crippen LogP contribution in [0.15, 0.2) is 47.1 Å². The van der Waals surface area contributed by atoms with Crippen molar-refractivity contribution in [2.45, 2.75) is 0 Å². The lowest BCUT2D eigenvalue weighted by Crippen LogP contribution is -1.76. The largest absolute Gasteiger partial charge is 0.244 e. The summed E-state index contributed by atoms with van der Waals surface area (Å²) >= 11 is 9.11.